The highest BCUT2D eigenvalue weighted by Gasteiger charge is 2.14. The highest BCUT2D eigenvalue weighted by atomic mass is 19.1. The van der Waals surface area contributed by atoms with Crippen molar-refractivity contribution in [2.75, 3.05) is 0 Å². The average molecular weight is 267 g/mol. The number of hydrogen-bond acceptors (Lipinski definition) is 2. The second-order valence-corrected chi connectivity index (χ2v) is 4.63. The first-order valence-electron chi connectivity index (χ1n) is 6.44. The number of benzene rings is 1. The molecule has 0 aliphatic heterocycles. The molecular formula is C16H14FN3. The van der Waals surface area contributed by atoms with E-state index < -0.39 is 0 Å². The maximum absolute atomic E-state index is 13.1. The summed E-state index contributed by atoms with van der Waals surface area (Å²) in [5.41, 5.74) is 2.91. The molecule has 100 valence electrons. The summed E-state index contributed by atoms with van der Waals surface area (Å²) in [6.07, 6.45) is 7.20. The Labute approximate surface area is 116 Å². The molecule has 0 saturated heterocycles. The number of rotatable bonds is 3. The molecule has 3 nitrogen and oxygen atoms in total. The fourth-order valence-electron chi connectivity index (χ4n) is 2.26. The quantitative estimate of drug-likeness (QED) is 0.724. The summed E-state index contributed by atoms with van der Waals surface area (Å²) in [4.78, 5) is 8.56. The minimum atomic E-state index is -0.234. The number of hydrogen-bond donors (Lipinski definition) is 0. The standard InChI is InChI=1S/C16H14FN3/c1-12(20-10-9-18-11-20)16-15(3-2-8-19-16)13-4-6-14(17)7-5-13/h2-12H,1H3. The summed E-state index contributed by atoms with van der Waals surface area (Å²) in [6.45, 7) is 2.07. The summed E-state index contributed by atoms with van der Waals surface area (Å²) in [7, 11) is 0. The second-order valence-electron chi connectivity index (χ2n) is 4.63. The molecule has 0 amide bonds. The van der Waals surface area contributed by atoms with Crippen LogP contribution in [0.4, 0.5) is 4.39 Å². The zero-order valence-corrected chi connectivity index (χ0v) is 11.1. The fraction of sp³-hybridized carbons (Fsp3) is 0.125. The van der Waals surface area contributed by atoms with Crippen LogP contribution in [0, 0.1) is 5.82 Å². The van der Waals surface area contributed by atoms with Crippen molar-refractivity contribution in [3.8, 4) is 11.1 Å². The molecule has 20 heavy (non-hydrogen) atoms. The number of pyridine rings is 1. The highest BCUT2D eigenvalue weighted by Crippen LogP contribution is 2.28. The van der Waals surface area contributed by atoms with Crippen LogP contribution < -0.4 is 0 Å². The van der Waals surface area contributed by atoms with E-state index in [-0.39, 0.29) is 11.9 Å². The van der Waals surface area contributed by atoms with E-state index in [9.17, 15) is 4.39 Å². The lowest BCUT2D eigenvalue weighted by atomic mass is 10.0. The molecule has 0 spiro atoms. The molecule has 0 bridgehead atoms. The number of imidazole rings is 1. The maximum Gasteiger partial charge on any atom is 0.123 e. The zero-order valence-electron chi connectivity index (χ0n) is 11.1. The van der Waals surface area contributed by atoms with Crippen LogP contribution in [0.25, 0.3) is 11.1 Å². The van der Waals surface area contributed by atoms with Gasteiger partial charge in [-0.15, -0.1) is 0 Å². The van der Waals surface area contributed by atoms with Gasteiger partial charge in [0.25, 0.3) is 0 Å². The van der Waals surface area contributed by atoms with Crippen molar-refractivity contribution in [2.45, 2.75) is 13.0 Å². The Bertz CT molecular complexity index is 690. The van der Waals surface area contributed by atoms with E-state index in [4.69, 9.17) is 0 Å². The Balaban J connectivity index is 2.06. The van der Waals surface area contributed by atoms with Crippen LogP contribution in [0.2, 0.25) is 0 Å². The third-order valence-corrected chi connectivity index (χ3v) is 3.36. The van der Waals surface area contributed by atoms with Gasteiger partial charge in [-0.1, -0.05) is 18.2 Å². The predicted octanol–water partition coefficient (Wildman–Crippen LogP) is 3.69. The minimum Gasteiger partial charge on any atom is -0.329 e. The van der Waals surface area contributed by atoms with Gasteiger partial charge in [0, 0.05) is 24.2 Å². The Kier molecular flexibility index (Phi) is 3.29. The van der Waals surface area contributed by atoms with Gasteiger partial charge in [-0.2, -0.15) is 0 Å². The first-order chi connectivity index (χ1) is 9.75. The van der Waals surface area contributed by atoms with Crippen molar-refractivity contribution < 1.29 is 4.39 Å². The van der Waals surface area contributed by atoms with Gasteiger partial charge in [0.15, 0.2) is 0 Å². The first-order valence-corrected chi connectivity index (χ1v) is 6.44. The zero-order chi connectivity index (χ0) is 13.9. The second kappa shape index (κ2) is 5.25. The molecule has 2 heterocycles. The fourth-order valence-corrected chi connectivity index (χ4v) is 2.26. The molecule has 2 aromatic heterocycles. The Morgan fingerprint density at radius 3 is 2.60 bits per heavy atom. The van der Waals surface area contributed by atoms with Crippen LogP contribution in [-0.4, -0.2) is 14.5 Å². The van der Waals surface area contributed by atoms with Gasteiger partial charge in [-0.25, -0.2) is 9.37 Å². The van der Waals surface area contributed by atoms with E-state index in [2.05, 4.69) is 16.9 Å². The van der Waals surface area contributed by atoms with Gasteiger partial charge in [-0.05, 0) is 30.7 Å². The lowest BCUT2D eigenvalue weighted by molar-refractivity contribution is 0.621. The lowest BCUT2D eigenvalue weighted by Gasteiger charge is -2.16. The number of nitrogens with zero attached hydrogens (tertiary/aromatic N) is 3. The monoisotopic (exact) mass is 267 g/mol. The van der Waals surface area contributed by atoms with Crippen LogP contribution in [0.5, 0.6) is 0 Å². The predicted molar refractivity (Wildman–Crippen MR) is 75.7 cm³/mol. The number of halogens is 1. The first kappa shape index (κ1) is 12.5. The van der Waals surface area contributed by atoms with Crippen LogP contribution in [0.15, 0.2) is 61.3 Å². The molecule has 1 unspecified atom stereocenters. The summed E-state index contributed by atoms with van der Waals surface area (Å²) in [6, 6.07) is 10.4. The lowest BCUT2D eigenvalue weighted by Crippen LogP contribution is -2.08. The van der Waals surface area contributed by atoms with Crippen molar-refractivity contribution >= 4 is 0 Å². The summed E-state index contributed by atoms with van der Waals surface area (Å²) in [5.74, 6) is -0.234. The summed E-state index contributed by atoms with van der Waals surface area (Å²) < 4.78 is 15.1. The normalized spacial score (nSPS) is 12.3. The maximum atomic E-state index is 13.1. The molecule has 3 aromatic rings. The molecule has 0 aliphatic rings. The van der Waals surface area contributed by atoms with Crippen LogP contribution in [0.1, 0.15) is 18.7 Å². The number of aromatic nitrogens is 3. The Hall–Kier alpha value is -2.49. The molecule has 1 aromatic carbocycles. The van der Waals surface area contributed by atoms with Gasteiger partial charge in [-0.3, -0.25) is 4.98 Å². The van der Waals surface area contributed by atoms with Crippen molar-refractivity contribution in [1.29, 1.82) is 0 Å². The summed E-state index contributed by atoms with van der Waals surface area (Å²) in [5, 5.41) is 0. The Morgan fingerprint density at radius 2 is 1.90 bits per heavy atom. The summed E-state index contributed by atoms with van der Waals surface area (Å²) >= 11 is 0. The molecule has 3 rings (SSSR count). The topological polar surface area (TPSA) is 30.7 Å². The average Bonchev–Trinajstić information content (AvgIpc) is 3.02. The largest absolute Gasteiger partial charge is 0.329 e. The van der Waals surface area contributed by atoms with Crippen LogP contribution >= 0.6 is 0 Å². The van der Waals surface area contributed by atoms with Gasteiger partial charge >= 0.3 is 0 Å². The van der Waals surface area contributed by atoms with Gasteiger partial charge in [0.05, 0.1) is 18.1 Å². The molecule has 4 heteroatoms. The molecule has 0 aliphatic carbocycles. The van der Waals surface area contributed by atoms with Crippen molar-refractivity contribution in [1.82, 2.24) is 14.5 Å². The van der Waals surface area contributed by atoms with Gasteiger partial charge in [0.2, 0.25) is 0 Å². The molecule has 0 fully saturated rings. The highest BCUT2D eigenvalue weighted by molar-refractivity contribution is 5.66. The van der Waals surface area contributed by atoms with Crippen LogP contribution in [-0.2, 0) is 0 Å². The van der Waals surface area contributed by atoms with Crippen LogP contribution in [0.3, 0.4) is 0 Å². The third-order valence-electron chi connectivity index (χ3n) is 3.36. The van der Waals surface area contributed by atoms with Gasteiger partial charge in [0.1, 0.15) is 5.82 Å². The Morgan fingerprint density at radius 1 is 1.10 bits per heavy atom. The molecule has 0 radical (unpaired) electrons. The van der Waals surface area contributed by atoms with E-state index in [1.807, 2.05) is 22.9 Å². The minimum absolute atomic E-state index is 0.0683. The van der Waals surface area contributed by atoms with Gasteiger partial charge < -0.3 is 4.57 Å². The molecule has 0 saturated carbocycles. The van der Waals surface area contributed by atoms with E-state index in [0.717, 1.165) is 16.8 Å². The third kappa shape index (κ3) is 2.32. The van der Waals surface area contributed by atoms with E-state index in [1.54, 1.807) is 30.9 Å². The van der Waals surface area contributed by atoms with Crippen molar-refractivity contribution in [3.63, 3.8) is 0 Å². The SMILES string of the molecule is CC(c1ncccc1-c1ccc(F)cc1)n1ccnc1. The molecular weight excluding hydrogens is 253 g/mol. The van der Waals surface area contributed by atoms with Crippen molar-refractivity contribution in [3.05, 3.63) is 72.8 Å². The van der Waals surface area contributed by atoms with E-state index in [1.165, 1.54) is 12.1 Å². The smallest absolute Gasteiger partial charge is 0.123 e. The molecule has 1 atom stereocenters. The van der Waals surface area contributed by atoms with E-state index in [0.29, 0.717) is 0 Å². The van der Waals surface area contributed by atoms with E-state index >= 15 is 0 Å². The van der Waals surface area contributed by atoms with Crippen molar-refractivity contribution in [2.24, 2.45) is 0 Å². The molecule has 0 N–H and O–H groups in total.